The summed E-state index contributed by atoms with van der Waals surface area (Å²) in [6.07, 6.45) is 4.57. The van der Waals surface area contributed by atoms with Gasteiger partial charge in [0.05, 0.1) is 16.1 Å². The molecule has 128 valence electrons. The average Bonchev–Trinajstić information content (AvgIpc) is 3.05. The number of carbonyl (C=O) groups is 1. The van der Waals surface area contributed by atoms with Crippen molar-refractivity contribution in [2.75, 3.05) is 31.1 Å². The number of hydrogen-bond donors (Lipinski definition) is 0. The fourth-order valence-corrected chi connectivity index (χ4v) is 4.17. The number of anilines is 1. The lowest BCUT2D eigenvalue weighted by molar-refractivity contribution is 0.0772. The second-order valence-corrected chi connectivity index (χ2v) is 7.82. The molecule has 25 heavy (non-hydrogen) atoms. The van der Waals surface area contributed by atoms with Crippen LogP contribution in [0.25, 0.3) is 11.0 Å². The molecule has 1 aliphatic rings. The van der Waals surface area contributed by atoms with E-state index in [2.05, 4.69) is 30.8 Å². The van der Waals surface area contributed by atoms with Crippen molar-refractivity contribution in [1.29, 1.82) is 0 Å². The third-order valence-corrected chi connectivity index (χ3v) is 5.67. The first-order chi connectivity index (χ1) is 12.2. The third kappa shape index (κ3) is 3.39. The van der Waals surface area contributed by atoms with E-state index in [1.54, 1.807) is 6.20 Å². The molecule has 1 fully saturated rings. The summed E-state index contributed by atoms with van der Waals surface area (Å²) in [6, 6.07) is 7.82. The Labute approximate surface area is 158 Å². The number of nitrogens with zero attached hydrogens (tertiary/aromatic N) is 4. The van der Waals surface area contributed by atoms with E-state index < -0.39 is 0 Å². The number of aromatic nitrogens is 2. The van der Waals surface area contributed by atoms with E-state index in [1.807, 2.05) is 40.7 Å². The molecule has 7 heteroatoms. The number of hydrogen-bond acceptors (Lipinski definition) is 5. The molecule has 0 aliphatic carbocycles. The van der Waals surface area contributed by atoms with Crippen LogP contribution in [0.15, 0.2) is 46.5 Å². The van der Waals surface area contributed by atoms with Gasteiger partial charge in [0.1, 0.15) is 5.52 Å². The van der Waals surface area contributed by atoms with Gasteiger partial charge in [-0.05, 0) is 45.9 Å². The van der Waals surface area contributed by atoms with Gasteiger partial charge in [-0.25, -0.2) is 0 Å². The van der Waals surface area contributed by atoms with Gasteiger partial charge in [0.15, 0.2) is 0 Å². The minimum absolute atomic E-state index is 0.137. The smallest absolute Gasteiger partial charge is 0.263 e. The molecule has 0 unspecified atom stereocenters. The summed E-state index contributed by atoms with van der Waals surface area (Å²) in [6.45, 7) is 3.21. The molecule has 0 spiro atoms. The summed E-state index contributed by atoms with van der Waals surface area (Å²) in [5, 5.41) is 1.95. The predicted octanol–water partition coefficient (Wildman–Crippen LogP) is 3.81. The maximum atomic E-state index is 12.6. The molecule has 4 rings (SSSR count). The quantitative estimate of drug-likeness (QED) is 0.637. The number of rotatable bonds is 2. The first-order valence-electron chi connectivity index (χ1n) is 8.20. The van der Waals surface area contributed by atoms with Crippen molar-refractivity contribution in [2.24, 2.45) is 0 Å². The van der Waals surface area contributed by atoms with E-state index in [0.29, 0.717) is 0 Å². The zero-order chi connectivity index (χ0) is 17.2. The van der Waals surface area contributed by atoms with E-state index in [-0.39, 0.29) is 5.91 Å². The molecule has 0 N–H and O–H groups in total. The van der Waals surface area contributed by atoms with Crippen LogP contribution in [-0.4, -0.2) is 47.0 Å². The van der Waals surface area contributed by atoms with Crippen LogP contribution in [0, 0.1) is 0 Å². The molecule has 3 aromatic rings. The molecule has 1 aliphatic heterocycles. The van der Waals surface area contributed by atoms with Crippen molar-refractivity contribution in [3.8, 4) is 0 Å². The fraction of sp³-hybridized carbons (Fsp3) is 0.278. The third-order valence-electron chi connectivity index (χ3n) is 4.38. The lowest BCUT2D eigenvalue weighted by atomic mass is 10.2. The summed E-state index contributed by atoms with van der Waals surface area (Å²) < 4.78 is 0.924. The molecule has 0 saturated carbocycles. The van der Waals surface area contributed by atoms with Gasteiger partial charge in [-0.3, -0.25) is 14.8 Å². The molecule has 3 aromatic heterocycles. The second-order valence-electron chi connectivity index (χ2n) is 5.96. The highest BCUT2D eigenvalue weighted by Crippen LogP contribution is 2.26. The number of carbonyl (C=O) groups excluding carboxylic acids is 1. The van der Waals surface area contributed by atoms with Crippen LogP contribution in [-0.2, 0) is 0 Å². The van der Waals surface area contributed by atoms with Crippen LogP contribution in [0.3, 0.4) is 0 Å². The first kappa shape index (κ1) is 16.5. The van der Waals surface area contributed by atoms with E-state index in [1.165, 1.54) is 11.3 Å². The van der Waals surface area contributed by atoms with Crippen molar-refractivity contribution < 1.29 is 4.79 Å². The van der Waals surface area contributed by atoms with Crippen LogP contribution in [0.4, 0.5) is 5.69 Å². The van der Waals surface area contributed by atoms with Gasteiger partial charge in [-0.15, -0.1) is 11.3 Å². The van der Waals surface area contributed by atoms with Crippen LogP contribution in [0.5, 0.6) is 0 Å². The maximum Gasteiger partial charge on any atom is 0.263 e. The molecule has 0 aromatic carbocycles. The molecule has 0 atom stereocenters. The Morgan fingerprint density at radius 1 is 1.16 bits per heavy atom. The first-order valence-corrected chi connectivity index (χ1v) is 9.87. The molecule has 0 bridgehead atoms. The van der Waals surface area contributed by atoms with Gasteiger partial charge >= 0.3 is 0 Å². The summed E-state index contributed by atoms with van der Waals surface area (Å²) in [5.74, 6) is 0.137. The number of halogens is 1. The fourth-order valence-electron chi connectivity index (χ4n) is 3.16. The Hall–Kier alpha value is -1.99. The Morgan fingerprint density at radius 2 is 2.08 bits per heavy atom. The van der Waals surface area contributed by atoms with E-state index >= 15 is 0 Å². The van der Waals surface area contributed by atoms with Crippen molar-refractivity contribution in [1.82, 2.24) is 14.9 Å². The zero-order valence-electron chi connectivity index (χ0n) is 13.6. The Balaban J connectivity index is 1.56. The number of fused-ring (bicyclic) bond motifs is 1. The molecular formula is C18H17BrN4OS. The van der Waals surface area contributed by atoms with Gasteiger partial charge in [0.25, 0.3) is 5.91 Å². The molecular weight excluding hydrogens is 400 g/mol. The Bertz CT molecular complexity index is 899. The van der Waals surface area contributed by atoms with Crippen molar-refractivity contribution >= 4 is 49.9 Å². The summed E-state index contributed by atoms with van der Waals surface area (Å²) in [4.78, 5) is 26.6. The highest BCUT2D eigenvalue weighted by Gasteiger charge is 2.22. The molecule has 4 heterocycles. The van der Waals surface area contributed by atoms with Gasteiger partial charge in [0.2, 0.25) is 0 Å². The summed E-state index contributed by atoms with van der Waals surface area (Å²) in [5.41, 5.74) is 2.87. The summed E-state index contributed by atoms with van der Waals surface area (Å²) >= 11 is 4.95. The normalized spacial score (nSPS) is 15.4. The maximum absolute atomic E-state index is 12.6. The van der Waals surface area contributed by atoms with Crippen LogP contribution >= 0.6 is 27.3 Å². The Morgan fingerprint density at radius 3 is 2.92 bits per heavy atom. The monoisotopic (exact) mass is 416 g/mol. The average molecular weight is 417 g/mol. The van der Waals surface area contributed by atoms with Crippen molar-refractivity contribution in [2.45, 2.75) is 6.42 Å². The SMILES string of the molecule is O=C(c1cccs1)N1CCCN(c2ccnc3cc(Br)cnc23)CC1. The predicted molar refractivity (Wildman–Crippen MR) is 104 cm³/mol. The minimum atomic E-state index is 0.137. The minimum Gasteiger partial charge on any atom is -0.368 e. The van der Waals surface area contributed by atoms with Gasteiger partial charge in [0, 0.05) is 43.0 Å². The van der Waals surface area contributed by atoms with E-state index in [9.17, 15) is 4.79 Å². The largest absolute Gasteiger partial charge is 0.368 e. The standard InChI is InChI=1S/C18H17BrN4OS/c19-13-11-14-17(21-12-13)15(4-5-20-14)22-6-2-7-23(9-8-22)18(24)16-3-1-10-25-16/h1,3-5,10-12H,2,6-9H2. The van der Waals surface area contributed by atoms with Crippen molar-refractivity contribution in [3.63, 3.8) is 0 Å². The molecule has 1 amide bonds. The number of thiophene rings is 1. The zero-order valence-corrected chi connectivity index (χ0v) is 16.0. The lowest BCUT2D eigenvalue weighted by Crippen LogP contribution is -2.34. The van der Waals surface area contributed by atoms with Gasteiger partial charge in [-0.1, -0.05) is 6.07 Å². The van der Waals surface area contributed by atoms with Gasteiger partial charge in [-0.2, -0.15) is 0 Å². The van der Waals surface area contributed by atoms with E-state index in [4.69, 9.17) is 0 Å². The number of pyridine rings is 2. The van der Waals surface area contributed by atoms with Crippen LogP contribution < -0.4 is 4.90 Å². The Kier molecular flexibility index (Phi) is 4.67. The van der Waals surface area contributed by atoms with E-state index in [0.717, 1.165) is 58.7 Å². The topological polar surface area (TPSA) is 49.3 Å². The highest BCUT2D eigenvalue weighted by atomic mass is 79.9. The highest BCUT2D eigenvalue weighted by molar-refractivity contribution is 9.10. The second kappa shape index (κ2) is 7.09. The molecule has 1 saturated heterocycles. The number of amides is 1. The molecule has 0 radical (unpaired) electrons. The van der Waals surface area contributed by atoms with Crippen LogP contribution in [0.2, 0.25) is 0 Å². The van der Waals surface area contributed by atoms with Crippen molar-refractivity contribution in [3.05, 3.63) is 51.4 Å². The summed E-state index contributed by atoms with van der Waals surface area (Å²) in [7, 11) is 0. The van der Waals surface area contributed by atoms with Gasteiger partial charge < -0.3 is 9.80 Å². The lowest BCUT2D eigenvalue weighted by Gasteiger charge is -2.24. The molecule has 5 nitrogen and oxygen atoms in total. The van der Waals surface area contributed by atoms with Crippen LogP contribution in [0.1, 0.15) is 16.1 Å².